The fourth-order valence-corrected chi connectivity index (χ4v) is 1.79. The van der Waals surface area contributed by atoms with Gasteiger partial charge in [-0.25, -0.2) is 8.42 Å². The number of nitrogens with one attached hydrogen (secondary N) is 1. The summed E-state index contributed by atoms with van der Waals surface area (Å²) in [5.41, 5.74) is 0.815. The van der Waals surface area contributed by atoms with Gasteiger partial charge in [0.1, 0.15) is 0 Å². The molecule has 1 aromatic carbocycles. The molecule has 0 amide bonds. The van der Waals surface area contributed by atoms with Gasteiger partial charge in [0, 0.05) is 18.0 Å². The van der Waals surface area contributed by atoms with Gasteiger partial charge < -0.3 is 0 Å². The average Bonchev–Trinajstić information content (AvgIpc) is 2.32. The zero-order valence-electron chi connectivity index (χ0n) is 8.74. The summed E-state index contributed by atoms with van der Waals surface area (Å²) in [5.74, 6) is 0. The van der Waals surface area contributed by atoms with Gasteiger partial charge in [-0.1, -0.05) is 18.2 Å². The molecule has 17 heavy (non-hydrogen) atoms. The molecule has 2 rings (SSSR count). The van der Waals surface area contributed by atoms with E-state index in [9.17, 15) is 13.2 Å². The maximum atomic E-state index is 11.6. The zero-order chi connectivity index (χ0) is 12.3. The number of hydrogen-bond acceptors (Lipinski definition) is 3. The number of para-hydroxylation sites is 1. The van der Waals surface area contributed by atoms with Crippen LogP contribution in [0.3, 0.4) is 0 Å². The minimum Gasteiger partial charge on any atom is -0.284 e. The van der Waals surface area contributed by atoms with Gasteiger partial charge >= 0.3 is 0 Å². The van der Waals surface area contributed by atoms with Crippen LogP contribution < -0.4 is 10.3 Å². The van der Waals surface area contributed by atoms with Gasteiger partial charge in [-0.05, 0) is 18.2 Å². The van der Waals surface area contributed by atoms with Crippen molar-refractivity contribution in [1.82, 2.24) is 4.57 Å². The smallest absolute Gasteiger partial charge is 0.255 e. The molecule has 88 valence electrons. The first kappa shape index (κ1) is 11.4. The molecular formula is C11H10N2O3S. The summed E-state index contributed by atoms with van der Waals surface area (Å²) in [7, 11) is -2.73. The predicted molar refractivity (Wildman–Crippen MR) is 66.0 cm³/mol. The van der Waals surface area contributed by atoms with Crippen molar-refractivity contribution in [3.8, 4) is 5.69 Å². The number of rotatable bonds is 3. The van der Waals surface area contributed by atoms with Crippen LogP contribution in [0.4, 0.5) is 5.69 Å². The molecule has 1 N–H and O–H groups in total. The van der Waals surface area contributed by atoms with Gasteiger partial charge in [0.25, 0.3) is 5.56 Å². The van der Waals surface area contributed by atoms with Gasteiger partial charge in [0.2, 0.25) is 10.9 Å². The highest BCUT2D eigenvalue weighted by atomic mass is 32.2. The lowest BCUT2D eigenvalue weighted by atomic mass is 10.3. The van der Waals surface area contributed by atoms with Gasteiger partial charge in [-0.2, -0.15) is 0 Å². The number of pyridine rings is 1. The number of hydrogen-bond donors (Lipinski definition) is 2. The molecule has 0 radical (unpaired) electrons. The lowest BCUT2D eigenvalue weighted by Crippen LogP contribution is -2.16. The van der Waals surface area contributed by atoms with E-state index >= 15 is 0 Å². The second-order valence-corrected chi connectivity index (χ2v) is 4.07. The Labute approximate surface area is 99.4 Å². The molecule has 2 aromatic rings. The summed E-state index contributed by atoms with van der Waals surface area (Å²) < 4.78 is 24.7. The highest BCUT2D eigenvalue weighted by Crippen LogP contribution is 2.08. The van der Waals surface area contributed by atoms with E-state index in [0.29, 0.717) is 11.4 Å². The Morgan fingerprint density at radius 3 is 2.35 bits per heavy atom. The van der Waals surface area contributed by atoms with E-state index in [-0.39, 0.29) is 5.56 Å². The normalized spacial score (nSPS) is 10.4. The Kier molecular flexibility index (Phi) is 3.24. The second kappa shape index (κ2) is 4.84. The molecule has 0 saturated heterocycles. The molecule has 0 aliphatic rings. The molecule has 5 nitrogen and oxygen atoms in total. The number of thiol groups is 1. The first-order valence-electron chi connectivity index (χ1n) is 4.86. The molecule has 6 heteroatoms. The lowest BCUT2D eigenvalue weighted by Gasteiger charge is -2.07. The van der Waals surface area contributed by atoms with E-state index in [1.165, 1.54) is 22.9 Å². The van der Waals surface area contributed by atoms with Gasteiger partial charge in [-0.15, -0.1) is 0 Å². The summed E-state index contributed by atoms with van der Waals surface area (Å²) in [6, 6.07) is 11.7. The van der Waals surface area contributed by atoms with Crippen molar-refractivity contribution in [2.24, 2.45) is 0 Å². The molecule has 1 heterocycles. The van der Waals surface area contributed by atoms with Crippen molar-refractivity contribution in [3.05, 3.63) is 59.0 Å². The van der Waals surface area contributed by atoms with Crippen molar-refractivity contribution < 1.29 is 8.42 Å². The van der Waals surface area contributed by atoms with Crippen molar-refractivity contribution >= 4 is 16.6 Å². The number of aromatic nitrogens is 1. The number of anilines is 1. The summed E-state index contributed by atoms with van der Waals surface area (Å²) >= 11 is 0. The van der Waals surface area contributed by atoms with Crippen LogP contribution >= 0.6 is 0 Å². The minimum atomic E-state index is -2.73. The first-order valence-corrected chi connectivity index (χ1v) is 6.04. The van der Waals surface area contributed by atoms with Crippen LogP contribution in [0, 0.1) is 0 Å². The van der Waals surface area contributed by atoms with Crippen LogP contribution in [0.25, 0.3) is 5.69 Å². The van der Waals surface area contributed by atoms with Crippen molar-refractivity contribution in [2.75, 3.05) is 4.72 Å². The molecule has 0 aliphatic carbocycles. The second-order valence-electron chi connectivity index (χ2n) is 3.33. The van der Waals surface area contributed by atoms with E-state index in [1.54, 1.807) is 24.3 Å². The zero-order valence-corrected chi connectivity index (χ0v) is 9.63. The predicted octanol–water partition coefficient (Wildman–Crippen LogP) is 0.776. The molecule has 0 bridgehead atoms. The standard InChI is InChI=1S/C11H10N2O3S/c14-11-7-6-9(12-17(15)16)8-13(11)10-4-2-1-3-5-10/h1-8,17H,(H,12,15,16). The lowest BCUT2D eigenvalue weighted by molar-refractivity contribution is 0.619. The van der Waals surface area contributed by atoms with Crippen LogP contribution in [0.15, 0.2) is 53.5 Å². The fourth-order valence-electron chi connectivity index (χ4n) is 1.45. The quantitative estimate of drug-likeness (QED) is 0.791. The maximum absolute atomic E-state index is 11.6. The molecule has 0 aliphatic heterocycles. The molecule has 0 unspecified atom stereocenters. The van der Waals surface area contributed by atoms with Gasteiger partial charge in [0.05, 0.1) is 5.69 Å². The third-order valence-corrected chi connectivity index (χ3v) is 2.61. The monoisotopic (exact) mass is 250 g/mol. The van der Waals surface area contributed by atoms with E-state index in [2.05, 4.69) is 4.72 Å². The topological polar surface area (TPSA) is 68.2 Å². The molecule has 0 spiro atoms. The molecular weight excluding hydrogens is 240 g/mol. The van der Waals surface area contributed by atoms with Crippen LogP contribution in [0.1, 0.15) is 0 Å². The Balaban J connectivity index is 2.50. The first-order chi connectivity index (χ1) is 8.16. The summed E-state index contributed by atoms with van der Waals surface area (Å²) in [6.45, 7) is 0. The van der Waals surface area contributed by atoms with Gasteiger partial charge in [0.15, 0.2) is 0 Å². The summed E-state index contributed by atoms with van der Waals surface area (Å²) in [4.78, 5) is 11.6. The molecule has 0 fully saturated rings. The summed E-state index contributed by atoms with van der Waals surface area (Å²) in [5, 5.41) is 0. The Morgan fingerprint density at radius 2 is 1.71 bits per heavy atom. The maximum Gasteiger partial charge on any atom is 0.255 e. The van der Waals surface area contributed by atoms with E-state index < -0.39 is 10.9 Å². The van der Waals surface area contributed by atoms with Crippen LogP contribution in [0.2, 0.25) is 0 Å². The summed E-state index contributed by atoms with van der Waals surface area (Å²) in [6.07, 6.45) is 1.45. The molecule has 0 saturated carbocycles. The average molecular weight is 250 g/mol. The van der Waals surface area contributed by atoms with E-state index in [0.717, 1.165) is 0 Å². The third kappa shape index (κ3) is 2.73. The SMILES string of the molecule is O=c1ccc(N[SH](=O)=O)cn1-c1ccccc1. The number of benzene rings is 1. The molecule has 0 atom stereocenters. The van der Waals surface area contributed by atoms with E-state index in [1.807, 2.05) is 6.07 Å². The van der Waals surface area contributed by atoms with Crippen LogP contribution in [0.5, 0.6) is 0 Å². The Bertz CT molecular complexity index is 639. The highest BCUT2D eigenvalue weighted by Gasteiger charge is 2.00. The largest absolute Gasteiger partial charge is 0.284 e. The van der Waals surface area contributed by atoms with Crippen molar-refractivity contribution in [3.63, 3.8) is 0 Å². The van der Waals surface area contributed by atoms with Gasteiger partial charge in [-0.3, -0.25) is 14.1 Å². The van der Waals surface area contributed by atoms with Crippen molar-refractivity contribution in [2.45, 2.75) is 0 Å². The Hall–Kier alpha value is -2.08. The van der Waals surface area contributed by atoms with E-state index in [4.69, 9.17) is 0 Å². The fraction of sp³-hybridized carbons (Fsp3) is 0. The minimum absolute atomic E-state index is 0.220. The molecule has 1 aromatic heterocycles. The highest BCUT2D eigenvalue weighted by molar-refractivity contribution is 7.73. The third-order valence-electron chi connectivity index (χ3n) is 2.17. The van der Waals surface area contributed by atoms with Crippen LogP contribution in [-0.4, -0.2) is 13.0 Å². The van der Waals surface area contributed by atoms with Crippen molar-refractivity contribution in [1.29, 1.82) is 0 Å². The Morgan fingerprint density at radius 1 is 1.00 bits per heavy atom. The van der Waals surface area contributed by atoms with Crippen LogP contribution in [-0.2, 0) is 10.9 Å². The number of nitrogens with zero attached hydrogens (tertiary/aromatic N) is 1.